The molecule has 2 amide bonds. The number of benzene rings is 1. The Balaban J connectivity index is 1.79. The molecule has 0 spiro atoms. The predicted molar refractivity (Wildman–Crippen MR) is 90.3 cm³/mol. The van der Waals surface area contributed by atoms with E-state index in [0.29, 0.717) is 36.5 Å². The van der Waals surface area contributed by atoms with Crippen LogP contribution in [0, 0.1) is 5.82 Å². The second-order valence-electron chi connectivity index (χ2n) is 4.95. The fourth-order valence-corrected chi connectivity index (χ4v) is 2.84. The molecular weight excluding hydrogens is 315 g/mol. The predicted octanol–water partition coefficient (Wildman–Crippen LogP) is 3.45. The van der Waals surface area contributed by atoms with Gasteiger partial charge in [-0.25, -0.2) is 4.39 Å². The van der Waals surface area contributed by atoms with E-state index in [-0.39, 0.29) is 17.6 Å². The summed E-state index contributed by atoms with van der Waals surface area (Å²) in [5.74, 6) is -0.476. The van der Waals surface area contributed by atoms with Gasteiger partial charge in [0.05, 0.1) is 4.88 Å². The first-order valence-corrected chi connectivity index (χ1v) is 8.37. The standard InChI is InChI=1S/C17H19FN2O2S/c1-2-20(14-9-7-13(18)8-10-14)16(21)6-3-11-19-17(22)15-5-4-12-23-15/h4-5,7-10,12H,2-3,6,11H2,1H3,(H,19,22). The number of rotatable bonds is 7. The van der Waals surface area contributed by atoms with Gasteiger partial charge in [-0.1, -0.05) is 6.07 Å². The van der Waals surface area contributed by atoms with Gasteiger partial charge in [0.1, 0.15) is 5.82 Å². The number of halogens is 1. The number of anilines is 1. The Morgan fingerprint density at radius 3 is 2.57 bits per heavy atom. The van der Waals surface area contributed by atoms with E-state index < -0.39 is 0 Å². The number of thiophene rings is 1. The molecule has 0 atom stereocenters. The van der Waals surface area contributed by atoms with Crippen molar-refractivity contribution in [2.75, 3.05) is 18.0 Å². The summed E-state index contributed by atoms with van der Waals surface area (Å²) in [6.07, 6.45) is 0.892. The molecule has 122 valence electrons. The van der Waals surface area contributed by atoms with Crippen molar-refractivity contribution in [1.82, 2.24) is 5.32 Å². The first kappa shape index (κ1) is 17.1. The lowest BCUT2D eigenvalue weighted by atomic mass is 10.2. The normalized spacial score (nSPS) is 10.3. The molecule has 4 nitrogen and oxygen atoms in total. The first-order valence-electron chi connectivity index (χ1n) is 7.49. The van der Waals surface area contributed by atoms with Crippen LogP contribution in [0.2, 0.25) is 0 Å². The van der Waals surface area contributed by atoms with E-state index in [4.69, 9.17) is 0 Å². The third-order valence-electron chi connectivity index (χ3n) is 3.35. The maximum Gasteiger partial charge on any atom is 0.261 e. The average Bonchev–Trinajstić information content (AvgIpc) is 3.08. The lowest BCUT2D eigenvalue weighted by Gasteiger charge is -2.21. The smallest absolute Gasteiger partial charge is 0.261 e. The van der Waals surface area contributed by atoms with Gasteiger partial charge in [0.25, 0.3) is 5.91 Å². The highest BCUT2D eigenvalue weighted by atomic mass is 32.1. The lowest BCUT2D eigenvalue weighted by molar-refractivity contribution is -0.118. The molecule has 1 aromatic heterocycles. The number of hydrogen-bond acceptors (Lipinski definition) is 3. The molecule has 0 aliphatic heterocycles. The summed E-state index contributed by atoms with van der Waals surface area (Å²) in [4.78, 5) is 26.3. The number of nitrogens with zero attached hydrogens (tertiary/aromatic N) is 1. The number of carbonyl (C=O) groups excluding carboxylic acids is 2. The van der Waals surface area contributed by atoms with Crippen LogP contribution in [0.3, 0.4) is 0 Å². The molecule has 1 heterocycles. The molecule has 23 heavy (non-hydrogen) atoms. The summed E-state index contributed by atoms with van der Waals surface area (Å²) < 4.78 is 13.0. The molecule has 0 aliphatic carbocycles. The molecule has 0 radical (unpaired) electrons. The number of carbonyl (C=O) groups is 2. The minimum atomic E-state index is -0.325. The van der Waals surface area contributed by atoms with Crippen LogP contribution in [-0.4, -0.2) is 24.9 Å². The van der Waals surface area contributed by atoms with Crippen molar-refractivity contribution < 1.29 is 14.0 Å². The minimum absolute atomic E-state index is 0.0375. The maximum atomic E-state index is 13.0. The van der Waals surface area contributed by atoms with Gasteiger partial charge in [0.2, 0.25) is 5.91 Å². The molecule has 2 rings (SSSR count). The Hall–Kier alpha value is -2.21. The molecule has 0 saturated heterocycles. The van der Waals surface area contributed by atoms with E-state index in [1.807, 2.05) is 18.4 Å². The van der Waals surface area contributed by atoms with E-state index in [9.17, 15) is 14.0 Å². The summed E-state index contributed by atoms with van der Waals surface area (Å²) >= 11 is 1.38. The zero-order valence-corrected chi connectivity index (χ0v) is 13.7. The van der Waals surface area contributed by atoms with Crippen LogP contribution in [0.25, 0.3) is 0 Å². The Labute approximate surface area is 138 Å². The maximum absolute atomic E-state index is 13.0. The van der Waals surface area contributed by atoms with Crippen LogP contribution in [0.4, 0.5) is 10.1 Å². The number of nitrogens with one attached hydrogen (secondary N) is 1. The van der Waals surface area contributed by atoms with Crippen LogP contribution < -0.4 is 10.2 Å². The van der Waals surface area contributed by atoms with Crippen molar-refractivity contribution >= 4 is 28.8 Å². The molecule has 0 unspecified atom stereocenters. The van der Waals surface area contributed by atoms with E-state index in [1.54, 1.807) is 23.1 Å². The van der Waals surface area contributed by atoms with Crippen molar-refractivity contribution in [1.29, 1.82) is 0 Å². The Bertz CT molecular complexity index is 641. The van der Waals surface area contributed by atoms with Crippen LogP contribution in [0.1, 0.15) is 29.4 Å². The summed E-state index contributed by atoms with van der Waals surface area (Å²) in [6.45, 7) is 2.84. The highest BCUT2D eigenvalue weighted by Crippen LogP contribution is 2.16. The molecular formula is C17H19FN2O2S. The van der Waals surface area contributed by atoms with Crippen LogP contribution in [0.5, 0.6) is 0 Å². The molecule has 0 fully saturated rings. The highest BCUT2D eigenvalue weighted by Gasteiger charge is 2.14. The number of amides is 2. The zero-order chi connectivity index (χ0) is 16.7. The highest BCUT2D eigenvalue weighted by molar-refractivity contribution is 7.12. The monoisotopic (exact) mass is 334 g/mol. The summed E-state index contributed by atoms with van der Waals surface area (Å²) in [5, 5.41) is 4.64. The number of hydrogen-bond donors (Lipinski definition) is 1. The molecule has 1 N–H and O–H groups in total. The quantitative estimate of drug-likeness (QED) is 0.789. The fourth-order valence-electron chi connectivity index (χ4n) is 2.20. The SMILES string of the molecule is CCN(C(=O)CCCNC(=O)c1cccs1)c1ccc(F)cc1. The van der Waals surface area contributed by atoms with Crippen LogP contribution in [0.15, 0.2) is 41.8 Å². The Morgan fingerprint density at radius 1 is 1.22 bits per heavy atom. The van der Waals surface area contributed by atoms with Gasteiger partial charge in [-0.2, -0.15) is 0 Å². The van der Waals surface area contributed by atoms with Crippen molar-refractivity contribution in [3.05, 3.63) is 52.5 Å². The molecule has 2 aromatic rings. The second kappa shape index (κ2) is 8.43. The molecule has 1 aromatic carbocycles. The zero-order valence-electron chi connectivity index (χ0n) is 12.9. The first-order chi connectivity index (χ1) is 11.1. The Kier molecular flexibility index (Phi) is 6.29. The van der Waals surface area contributed by atoms with Gasteiger partial charge in [-0.3, -0.25) is 9.59 Å². The molecule has 6 heteroatoms. The Morgan fingerprint density at radius 2 is 1.96 bits per heavy atom. The van der Waals surface area contributed by atoms with Crippen molar-refractivity contribution in [3.8, 4) is 0 Å². The van der Waals surface area contributed by atoms with Crippen molar-refractivity contribution in [3.63, 3.8) is 0 Å². The summed E-state index contributed by atoms with van der Waals surface area (Å²) in [7, 11) is 0. The third kappa shape index (κ3) is 4.89. The van der Waals surface area contributed by atoms with Gasteiger partial charge < -0.3 is 10.2 Å². The van der Waals surface area contributed by atoms with Gasteiger partial charge in [-0.05, 0) is 49.1 Å². The third-order valence-corrected chi connectivity index (χ3v) is 4.22. The second-order valence-corrected chi connectivity index (χ2v) is 5.90. The molecule has 0 aliphatic rings. The molecule has 0 bridgehead atoms. The van der Waals surface area contributed by atoms with E-state index in [1.165, 1.54) is 23.5 Å². The van der Waals surface area contributed by atoms with Gasteiger partial charge >= 0.3 is 0 Å². The van der Waals surface area contributed by atoms with Gasteiger partial charge in [-0.15, -0.1) is 11.3 Å². The largest absolute Gasteiger partial charge is 0.351 e. The summed E-state index contributed by atoms with van der Waals surface area (Å²) in [6, 6.07) is 9.45. The van der Waals surface area contributed by atoms with Gasteiger partial charge in [0, 0.05) is 25.2 Å². The average molecular weight is 334 g/mol. The van der Waals surface area contributed by atoms with E-state index in [2.05, 4.69) is 5.32 Å². The lowest BCUT2D eigenvalue weighted by Crippen LogP contribution is -2.31. The molecule has 0 saturated carbocycles. The van der Waals surface area contributed by atoms with Gasteiger partial charge in [0.15, 0.2) is 0 Å². The fraction of sp³-hybridized carbons (Fsp3) is 0.294. The minimum Gasteiger partial charge on any atom is -0.351 e. The topological polar surface area (TPSA) is 49.4 Å². The van der Waals surface area contributed by atoms with Crippen LogP contribution >= 0.6 is 11.3 Å². The van der Waals surface area contributed by atoms with Crippen molar-refractivity contribution in [2.45, 2.75) is 19.8 Å². The van der Waals surface area contributed by atoms with Crippen LogP contribution in [-0.2, 0) is 4.79 Å². The summed E-state index contributed by atoms with van der Waals surface area (Å²) in [5.41, 5.74) is 0.682. The van der Waals surface area contributed by atoms with E-state index >= 15 is 0 Å². The van der Waals surface area contributed by atoms with Crippen molar-refractivity contribution in [2.24, 2.45) is 0 Å². The van der Waals surface area contributed by atoms with E-state index in [0.717, 1.165) is 0 Å².